The molecule has 82 valence electrons. The SMILES string of the molecule is Cn1nc2ccc(NC=C(C#N)C#N)cc2n1. The van der Waals surface area contributed by atoms with E-state index in [-0.39, 0.29) is 5.57 Å². The molecule has 1 heterocycles. The zero-order chi connectivity index (χ0) is 12.3. The van der Waals surface area contributed by atoms with E-state index in [1.165, 1.54) is 11.0 Å². The van der Waals surface area contributed by atoms with Crippen LogP contribution in [-0.4, -0.2) is 15.0 Å². The Hall–Kier alpha value is -2.86. The van der Waals surface area contributed by atoms with Crippen LogP contribution in [-0.2, 0) is 7.05 Å². The molecule has 0 aliphatic rings. The predicted molar refractivity (Wildman–Crippen MR) is 61.4 cm³/mol. The number of anilines is 1. The predicted octanol–water partition coefficient (Wildman–Crippen LogP) is 1.31. The van der Waals surface area contributed by atoms with Crippen molar-refractivity contribution in [1.29, 1.82) is 10.5 Å². The molecule has 0 aliphatic heterocycles. The van der Waals surface area contributed by atoms with E-state index in [0.29, 0.717) is 0 Å². The average Bonchev–Trinajstić information content (AvgIpc) is 2.69. The number of nitrogens with one attached hydrogen (secondary N) is 1. The van der Waals surface area contributed by atoms with Crippen LogP contribution in [0.25, 0.3) is 11.0 Å². The van der Waals surface area contributed by atoms with Gasteiger partial charge in [0, 0.05) is 18.9 Å². The van der Waals surface area contributed by atoms with Gasteiger partial charge in [0.2, 0.25) is 0 Å². The van der Waals surface area contributed by atoms with Crippen LogP contribution in [0, 0.1) is 22.7 Å². The number of nitriles is 2. The van der Waals surface area contributed by atoms with Gasteiger partial charge in [0.1, 0.15) is 28.7 Å². The first-order chi connectivity index (χ1) is 8.22. The van der Waals surface area contributed by atoms with Crippen molar-refractivity contribution in [3.8, 4) is 12.1 Å². The third kappa shape index (κ3) is 2.21. The highest BCUT2D eigenvalue weighted by Crippen LogP contribution is 2.15. The molecule has 0 spiro atoms. The van der Waals surface area contributed by atoms with Crippen molar-refractivity contribution in [3.63, 3.8) is 0 Å². The summed E-state index contributed by atoms with van der Waals surface area (Å²) >= 11 is 0. The van der Waals surface area contributed by atoms with Crippen molar-refractivity contribution in [1.82, 2.24) is 15.0 Å². The fraction of sp³-hybridized carbons (Fsp3) is 0.0909. The van der Waals surface area contributed by atoms with E-state index in [9.17, 15) is 0 Å². The Morgan fingerprint density at radius 3 is 2.71 bits per heavy atom. The van der Waals surface area contributed by atoms with E-state index < -0.39 is 0 Å². The summed E-state index contributed by atoms with van der Waals surface area (Å²) in [6.45, 7) is 0. The Labute approximate surface area is 97.4 Å². The maximum atomic E-state index is 8.57. The number of allylic oxidation sites excluding steroid dienone is 1. The normalized spacial score (nSPS) is 9.35. The molecule has 0 unspecified atom stereocenters. The Morgan fingerprint density at radius 1 is 1.29 bits per heavy atom. The van der Waals surface area contributed by atoms with Gasteiger partial charge in [0.05, 0.1) is 0 Å². The maximum Gasteiger partial charge on any atom is 0.145 e. The van der Waals surface area contributed by atoms with Crippen molar-refractivity contribution in [2.45, 2.75) is 0 Å². The fourth-order valence-corrected chi connectivity index (χ4v) is 1.36. The van der Waals surface area contributed by atoms with Gasteiger partial charge in [0.15, 0.2) is 0 Å². The fourth-order valence-electron chi connectivity index (χ4n) is 1.36. The number of aryl methyl sites for hydroxylation is 1. The third-order valence-electron chi connectivity index (χ3n) is 2.10. The van der Waals surface area contributed by atoms with Crippen molar-refractivity contribution in [3.05, 3.63) is 30.0 Å². The molecular formula is C11H8N6. The number of aromatic nitrogens is 3. The number of nitrogens with zero attached hydrogens (tertiary/aromatic N) is 5. The van der Waals surface area contributed by atoms with Crippen LogP contribution in [0.1, 0.15) is 0 Å². The molecule has 0 atom stereocenters. The summed E-state index contributed by atoms with van der Waals surface area (Å²) in [5, 5.41) is 28.3. The summed E-state index contributed by atoms with van der Waals surface area (Å²) < 4.78 is 0. The summed E-state index contributed by atoms with van der Waals surface area (Å²) in [5.41, 5.74) is 2.31. The van der Waals surface area contributed by atoms with Crippen LogP contribution in [0.5, 0.6) is 0 Å². The highest BCUT2D eigenvalue weighted by Gasteiger charge is 2.00. The zero-order valence-electron chi connectivity index (χ0n) is 9.05. The van der Waals surface area contributed by atoms with Gasteiger partial charge in [-0.3, -0.25) is 0 Å². The van der Waals surface area contributed by atoms with Crippen LogP contribution in [0.2, 0.25) is 0 Å². The lowest BCUT2D eigenvalue weighted by Gasteiger charge is -1.98. The number of hydrogen-bond donors (Lipinski definition) is 1. The van der Waals surface area contributed by atoms with Crippen molar-refractivity contribution >= 4 is 16.7 Å². The van der Waals surface area contributed by atoms with Crippen LogP contribution >= 0.6 is 0 Å². The van der Waals surface area contributed by atoms with Gasteiger partial charge in [-0.05, 0) is 18.2 Å². The molecular weight excluding hydrogens is 216 g/mol. The quantitative estimate of drug-likeness (QED) is 0.776. The van der Waals surface area contributed by atoms with Gasteiger partial charge < -0.3 is 5.32 Å². The minimum Gasteiger partial charge on any atom is -0.360 e. The summed E-state index contributed by atoms with van der Waals surface area (Å²) in [5.74, 6) is 0. The average molecular weight is 224 g/mol. The molecule has 0 amide bonds. The Kier molecular flexibility index (Phi) is 2.71. The first kappa shape index (κ1) is 10.7. The van der Waals surface area contributed by atoms with Gasteiger partial charge in [-0.15, -0.1) is 0 Å². The molecule has 6 heteroatoms. The number of rotatable bonds is 2. The summed E-state index contributed by atoms with van der Waals surface area (Å²) in [7, 11) is 1.75. The van der Waals surface area contributed by atoms with Crippen molar-refractivity contribution in [2.24, 2.45) is 7.05 Å². The molecule has 17 heavy (non-hydrogen) atoms. The van der Waals surface area contributed by atoms with Gasteiger partial charge in [-0.25, -0.2) is 0 Å². The Bertz CT molecular complexity index is 651. The summed E-state index contributed by atoms with van der Waals surface area (Å²) in [6.07, 6.45) is 1.36. The molecule has 0 saturated heterocycles. The van der Waals surface area contributed by atoms with Gasteiger partial charge in [0.25, 0.3) is 0 Å². The lowest BCUT2D eigenvalue weighted by Crippen LogP contribution is -1.90. The lowest BCUT2D eigenvalue weighted by molar-refractivity contribution is 0.665. The van der Waals surface area contributed by atoms with E-state index in [0.717, 1.165) is 16.7 Å². The monoisotopic (exact) mass is 224 g/mol. The molecule has 0 fully saturated rings. The van der Waals surface area contributed by atoms with Crippen LogP contribution in [0.15, 0.2) is 30.0 Å². The highest BCUT2D eigenvalue weighted by molar-refractivity contribution is 5.78. The van der Waals surface area contributed by atoms with Crippen LogP contribution < -0.4 is 5.32 Å². The standard InChI is InChI=1S/C11H8N6/c1-17-15-10-3-2-9(4-11(10)16-17)14-7-8(5-12)6-13/h2-4,7,14H,1H3. The van der Waals surface area contributed by atoms with E-state index in [1.54, 1.807) is 31.3 Å². The number of hydrogen-bond acceptors (Lipinski definition) is 5. The van der Waals surface area contributed by atoms with Crippen LogP contribution in [0.3, 0.4) is 0 Å². The summed E-state index contributed by atoms with van der Waals surface area (Å²) in [4.78, 5) is 1.49. The van der Waals surface area contributed by atoms with E-state index in [2.05, 4.69) is 15.5 Å². The lowest BCUT2D eigenvalue weighted by atomic mass is 10.2. The molecule has 0 bridgehead atoms. The zero-order valence-corrected chi connectivity index (χ0v) is 9.05. The van der Waals surface area contributed by atoms with E-state index in [4.69, 9.17) is 10.5 Å². The van der Waals surface area contributed by atoms with Crippen molar-refractivity contribution in [2.75, 3.05) is 5.32 Å². The van der Waals surface area contributed by atoms with E-state index in [1.807, 2.05) is 6.07 Å². The Balaban J connectivity index is 2.29. The van der Waals surface area contributed by atoms with Crippen molar-refractivity contribution < 1.29 is 0 Å². The molecule has 2 rings (SSSR count). The molecule has 0 aliphatic carbocycles. The number of benzene rings is 1. The smallest absolute Gasteiger partial charge is 0.145 e. The minimum atomic E-state index is 0.0178. The second-order valence-electron chi connectivity index (χ2n) is 3.32. The number of fused-ring (bicyclic) bond motifs is 1. The third-order valence-corrected chi connectivity index (χ3v) is 2.10. The van der Waals surface area contributed by atoms with Gasteiger partial charge >= 0.3 is 0 Å². The molecule has 2 aromatic rings. The highest BCUT2D eigenvalue weighted by atomic mass is 15.4. The second kappa shape index (κ2) is 4.33. The molecule has 1 aromatic heterocycles. The molecule has 0 saturated carbocycles. The Morgan fingerprint density at radius 2 is 2.00 bits per heavy atom. The molecule has 1 aromatic carbocycles. The van der Waals surface area contributed by atoms with Crippen LogP contribution in [0.4, 0.5) is 5.69 Å². The maximum absolute atomic E-state index is 8.57. The van der Waals surface area contributed by atoms with Gasteiger partial charge in [-0.2, -0.15) is 25.5 Å². The summed E-state index contributed by atoms with van der Waals surface area (Å²) in [6, 6.07) is 8.96. The largest absolute Gasteiger partial charge is 0.360 e. The molecule has 1 N–H and O–H groups in total. The first-order valence-corrected chi connectivity index (χ1v) is 4.81. The molecule has 6 nitrogen and oxygen atoms in total. The minimum absolute atomic E-state index is 0.0178. The molecule has 0 radical (unpaired) electrons. The second-order valence-corrected chi connectivity index (χ2v) is 3.32. The van der Waals surface area contributed by atoms with E-state index >= 15 is 0 Å². The topological polar surface area (TPSA) is 90.3 Å². The first-order valence-electron chi connectivity index (χ1n) is 4.81. The van der Waals surface area contributed by atoms with Gasteiger partial charge in [-0.1, -0.05) is 0 Å².